The molecule has 120 valence electrons. The van der Waals surface area contributed by atoms with E-state index < -0.39 is 16.1 Å². The van der Waals surface area contributed by atoms with Crippen molar-refractivity contribution in [2.45, 2.75) is 11.8 Å². The maximum atomic E-state index is 12.0. The molecule has 8 nitrogen and oxygen atoms in total. The summed E-state index contributed by atoms with van der Waals surface area (Å²) < 4.78 is 24.1. The molecule has 0 saturated heterocycles. The minimum absolute atomic E-state index is 0.0742. The summed E-state index contributed by atoms with van der Waals surface area (Å²) in [7, 11) is -3.80. The lowest BCUT2D eigenvalue weighted by atomic mass is 10.2. The van der Waals surface area contributed by atoms with Crippen LogP contribution in [0.25, 0.3) is 0 Å². The Kier molecular flexibility index (Phi) is 4.91. The van der Waals surface area contributed by atoms with Crippen LogP contribution in [0.4, 0.5) is 10.5 Å². The lowest BCUT2D eigenvalue weighted by Crippen LogP contribution is -2.18. The van der Waals surface area contributed by atoms with Crippen LogP contribution in [-0.4, -0.2) is 30.8 Å². The van der Waals surface area contributed by atoms with Crippen LogP contribution in [0.3, 0.4) is 0 Å². The third-order valence-electron chi connectivity index (χ3n) is 2.77. The SMILES string of the molecule is Cc1ccc(S(=O)(=O)NN=Cc2ncccc2NC(=O)O)cc1. The summed E-state index contributed by atoms with van der Waals surface area (Å²) in [4.78, 5) is 16.7. The van der Waals surface area contributed by atoms with E-state index in [-0.39, 0.29) is 16.3 Å². The smallest absolute Gasteiger partial charge is 0.409 e. The van der Waals surface area contributed by atoms with Crippen molar-refractivity contribution in [3.8, 4) is 0 Å². The lowest BCUT2D eigenvalue weighted by Gasteiger charge is -2.05. The van der Waals surface area contributed by atoms with Crippen molar-refractivity contribution in [3.05, 3.63) is 53.9 Å². The number of benzene rings is 1. The quantitative estimate of drug-likeness (QED) is 0.568. The number of carbonyl (C=O) groups is 1. The van der Waals surface area contributed by atoms with Gasteiger partial charge in [0.25, 0.3) is 10.0 Å². The second-order valence-corrected chi connectivity index (χ2v) is 6.19. The molecule has 1 aromatic carbocycles. The normalized spacial score (nSPS) is 11.3. The number of aryl methyl sites for hydroxylation is 1. The van der Waals surface area contributed by atoms with Crippen molar-refractivity contribution in [1.29, 1.82) is 0 Å². The molecule has 0 spiro atoms. The lowest BCUT2D eigenvalue weighted by molar-refractivity contribution is 0.209. The molecule has 0 radical (unpaired) electrons. The molecule has 3 N–H and O–H groups in total. The van der Waals surface area contributed by atoms with E-state index in [0.717, 1.165) is 11.8 Å². The molecule has 0 unspecified atom stereocenters. The van der Waals surface area contributed by atoms with Gasteiger partial charge in [-0.15, -0.1) is 0 Å². The molecule has 0 aliphatic heterocycles. The largest absolute Gasteiger partial charge is 0.465 e. The number of nitrogens with zero attached hydrogens (tertiary/aromatic N) is 2. The van der Waals surface area contributed by atoms with Gasteiger partial charge in [-0.05, 0) is 31.2 Å². The molecular formula is C14H14N4O4S. The number of hydrogen-bond donors (Lipinski definition) is 3. The highest BCUT2D eigenvalue weighted by molar-refractivity contribution is 7.89. The van der Waals surface area contributed by atoms with E-state index in [4.69, 9.17) is 5.11 Å². The van der Waals surface area contributed by atoms with E-state index >= 15 is 0 Å². The Morgan fingerprint density at radius 3 is 2.61 bits per heavy atom. The van der Waals surface area contributed by atoms with Gasteiger partial charge in [0.05, 0.1) is 16.8 Å². The number of carboxylic acid groups (broad SMARTS) is 1. The van der Waals surface area contributed by atoms with Gasteiger partial charge in [0, 0.05) is 6.20 Å². The van der Waals surface area contributed by atoms with Gasteiger partial charge in [-0.2, -0.15) is 13.5 Å². The Morgan fingerprint density at radius 1 is 1.26 bits per heavy atom. The Hall–Kier alpha value is -2.94. The second kappa shape index (κ2) is 6.88. The van der Waals surface area contributed by atoms with Gasteiger partial charge in [0.15, 0.2) is 0 Å². The Labute approximate surface area is 132 Å². The molecule has 23 heavy (non-hydrogen) atoms. The molecule has 0 atom stereocenters. The third-order valence-corrected chi connectivity index (χ3v) is 4.01. The zero-order valence-electron chi connectivity index (χ0n) is 12.1. The summed E-state index contributed by atoms with van der Waals surface area (Å²) >= 11 is 0. The fourth-order valence-electron chi connectivity index (χ4n) is 1.67. The van der Waals surface area contributed by atoms with Crippen LogP contribution in [0, 0.1) is 6.92 Å². The van der Waals surface area contributed by atoms with Crippen molar-refractivity contribution in [2.75, 3.05) is 5.32 Å². The van der Waals surface area contributed by atoms with Crippen molar-refractivity contribution in [1.82, 2.24) is 9.82 Å². The van der Waals surface area contributed by atoms with E-state index in [9.17, 15) is 13.2 Å². The van der Waals surface area contributed by atoms with Crippen LogP contribution >= 0.6 is 0 Å². The number of aromatic nitrogens is 1. The van der Waals surface area contributed by atoms with Crippen LogP contribution in [0.1, 0.15) is 11.3 Å². The summed E-state index contributed by atoms with van der Waals surface area (Å²) in [6, 6.07) is 9.30. The number of anilines is 1. The summed E-state index contributed by atoms with van der Waals surface area (Å²) in [5.74, 6) is 0. The zero-order valence-corrected chi connectivity index (χ0v) is 12.9. The van der Waals surface area contributed by atoms with Crippen molar-refractivity contribution < 1.29 is 18.3 Å². The molecule has 0 fully saturated rings. The fraction of sp³-hybridized carbons (Fsp3) is 0.0714. The van der Waals surface area contributed by atoms with Gasteiger partial charge >= 0.3 is 6.09 Å². The molecular weight excluding hydrogens is 320 g/mol. The monoisotopic (exact) mass is 334 g/mol. The van der Waals surface area contributed by atoms with Gasteiger partial charge in [0.2, 0.25) is 0 Å². The topological polar surface area (TPSA) is 121 Å². The first-order valence-corrected chi connectivity index (χ1v) is 7.93. The van der Waals surface area contributed by atoms with E-state index in [0.29, 0.717) is 0 Å². The first kappa shape index (κ1) is 16.4. The predicted octanol–water partition coefficient (Wildman–Crippen LogP) is 1.79. The van der Waals surface area contributed by atoms with E-state index in [1.807, 2.05) is 6.92 Å². The zero-order chi connectivity index (χ0) is 16.9. The van der Waals surface area contributed by atoms with Crippen molar-refractivity contribution in [2.24, 2.45) is 5.10 Å². The van der Waals surface area contributed by atoms with Crippen molar-refractivity contribution in [3.63, 3.8) is 0 Å². The molecule has 9 heteroatoms. The standard InChI is InChI=1S/C14H14N4O4S/c1-10-4-6-11(7-5-10)23(21,22)18-16-9-13-12(17-14(19)20)3-2-8-15-13/h2-9,17-18H,1H3,(H,19,20). The summed E-state index contributed by atoms with van der Waals surface area (Å²) in [6.45, 7) is 1.85. The fourth-order valence-corrected chi connectivity index (χ4v) is 2.46. The first-order valence-electron chi connectivity index (χ1n) is 6.45. The number of sulfonamides is 1. The Morgan fingerprint density at radius 2 is 1.96 bits per heavy atom. The van der Waals surface area contributed by atoms with Gasteiger partial charge in [-0.1, -0.05) is 17.7 Å². The van der Waals surface area contributed by atoms with Crippen molar-refractivity contribution >= 4 is 28.0 Å². The molecule has 0 aliphatic carbocycles. The van der Waals surface area contributed by atoms with Gasteiger partial charge in [-0.3, -0.25) is 10.3 Å². The maximum Gasteiger partial charge on any atom is 0.409 e. The highest BCUT2D eigenvalue weighted by Crippen LogP contribution is 2.11. The number of hydrazone groups is 1. The third kappa shape index (κ3) is 4.51. The summed E-state index contributed by atoms with van der Waals surface area (Å²) in [5.41, 5.74) is 1.31. The van der Waals surface area contributed by atoms with E-state index in [1.165, 1.54) is 24.4 Å². The molecule has 1 aromatic heterocycles. The Balaban J connectivity index is 2.15. The average molecular weight is 334 g/mol. The van der Waals surface area contributed by atoms with Crippen LogP contribution < -0.4 is 10.1 Å². The van der Waals surface area contributed by atoms with Crippen LogP contribution in [0.15, 0.2) is 52.6 Å². The van der Waals surface area contributed by atoms with Crippen LogP contribution in [0.5, 0.6) is 0 Å². The number of amides is 1. The predicted molar refractivity (Wildman–Crippen MR) is 85.0 cm³/mol. The highest BCUT2D eigenvalue weighted by atomic mass is 32.2. The summed E-state index contributed by atoms with van der Waals surface area (Å²) in [5, 5.41) is 14.5. The molecule has 2 rings (SSSR count). The number of pyridine rings is 1. The molecule has 1 heterocycles. The summed E-state index contributed by atoms with van der Waals surface area (Å²) in [6.07, 6.45) is 1.30. The minimum atomic E-state index is -3.80. The van der Waals surface area contributed by atoms with Gasteiger partial charge in [0.1, 0.15) is 5.69 Å². The molecule has 0 bridgehead atoms. The molecule has 0 saturated carbocycles. The molecule has 0 aliphatic rings. The highest BCUT2D eigenvalue weighted by Gasteiger charge is 2.12. The number of rotatable bonds is 5. The Bertz CT molecular complexity index is 832. The van der Waals surface area contributed by atoms with Crippen LogP contribution in [0.2, 0.25) is 0 Å². The second-order valence-electron chi connectivity index (χ2n) is 4.53. The van der Waals surface area contributed by atoms with Gasteiger partial charge < -0.3 is 5.11 Å². The first-order chi connectivity index (χ1) is 10.9. The van der Waals surface area contributed by atoms with E-state index in [2.05, 4.69) is 20.2 Å². The maximum absolute atomic E-state index is 12.0. The minimum Gasteiger partial charge on any atom is -0.465 e. The number of nitrogens with one attached hydrogen (secondary N) is 2. The van der Waals surface area contributed by atoms with Gasteiger partial charge in [-0.25, -0.2) is 9.63 Å². The average Bonchev–Trinajstić information content (AvgIpc) is 2.49. The van der Waals surface area contributed by atoms with Crippen LogP contribution in [-0.2, 0) is 10.0 Å². The molecule has 2 aromatic rings. The molecule has 1 amide bonds. The van der Waals surface area contributed by atoms with E-state index in [1.54, 1.807) is 18.2 Å². The number of hydrogen-bond acceptors (Lipinski definition) is 5.